The fourth-order valence-electron chi connectivity index (χ4n) is 4.77. The van der Waals surface area contributed by atoms with Crippen LogP contribution < -0.4 is 0 Å². The van der Waals surface area contributed by atoms with Crippen molar-refractivity contribution in [2.75, 3.05) is 45.0 Å². The van der Waals surface area contributed by atoms with E-state index < -0.39 is 33.9 Å². The highest BCUT2D eigenvalue weighted by Crippen LogP contribution is 2.30. The molecular formula is C29H31F5N2O2S. The van der Waals surface area contributed by atoms with Gasteiger partial charge in [0.15, 0.2) is 0 Å². The van der Waals surface area contributed by atoms with Gasteiger partial charge in [0.1, 0.15) is 11.6 Å². The maximum absolute atomic E-state index is 13.5. The van der Waals surface area contributed by atoms with Gasteiger partial charge in [-0.2, -0.15) is 13.2 Å². The largest absolute Gasteiger partial charge is 0.416 e. The fraction of sp³-hybridized carbons (Fsp3) is 0.379. The zero-order valence-corrected chi connectivity index (χ0v) is 22.1. The number of piperazine rings is 1. The lowest BCUT2D eigenvalue weighted by atomic mass is 10.0. The molecule has 2 unspecified atom stereocenters. The zero-order chi connectivity index (χ0) is 28.0. The van der Waals surface area contributed by atoms with Gasteiger partial charge in [-0.3, -0.25) is 14.0 Å². The number of hydrogen-bond acceptors (Lipinski definition) is 4. The summed E-state index contributed by atoms with van der Waals surface area (Å²) < 4.78 is 78.6. The standard InChI is InChI=1S/C29H31F5N2O2S/c30-25-9-3-22(4-10-25)28(23-5-11-26(31)12-6-23)39(38)18-17-35-13-15-36(16-14-35)20-27(37)19-21-1-7-24(8-2-21)29(32,33)34/h1-12,27-28,37H,13-20H2. The zero-order valence-electron chi connectivity index (χ0n) is 21.3. The SMILES string of the molecule is O=S(CCN1CCN(CC(O)Cc2ccc(C(F)(F)F)cc2)CC1)C(c1ccc(F)cc1)c1ccc(F)cc1. The molecule has 0 bridgehead atoms. The van der Waals surface area contributed by atoms with Gasteiger partial charge in [-0.25, -0.2) is 8.78 Å². The molecule has 1 aliphatic rings. The Balaban J connectivity index is 1.26. The Morgan fingerprint density at radius 2 is 1.26 bits per heavy atom. The van der Waals surface area contributed by atoms with Crippen LogP contribution in [0.3, 0.4) is 0 Å². The van der Waals surface area contributed by atoms with E-state index in [0.29, 0.717) is 48.6 Å². The van der Waals surface area contributed by atoms with E-state index in [0.717, 1.165) is 25.2 Å². The molecule has 10 heteroatoms. The van der Waals surface area contributed by atoms with E-state index in [4.69, 9.17) is 0 Å². The highest BCUT2D eigenvalue weighted by molar-refractivity contribution is 7.85. The van der Waals surface area contributed by atoms with Crippen LogP contribution >= 0.6 is 0 Å². The van der Waals surface area contributed by atoms with Crippen LogP contribution in [0.15, 0.2) is 72.8 Å². The van der Waals surface area contributed by atoms with Gasteiger partial charge in [0.25, 0.3) is 0 Å². The predicted molar refractivity (Wildman–Crippen MR) is 142 cm³/mol. The minimum Gasteiger partial charge on any atom is -0.391 e. The second-order valence-corrected chi connectivity index (χ2v) is 11.4. The Hall–Kier alpha value is -2.66. The number of halogens is 5. The van der Waals surface area contributed by atoms with Crippen molar-refractivity contribution in [3.63, 3.8) is 0 Å². The lowest BCUT2D eigenvalue weighted by Gasteiger charge is -2.35. The molecule has 0 aliphatic carbocycles. The van der Waals surface area contributed by atoms with Gasteiger partial charge in [0.2, 0.25) is 0 Å². The second-order valence-electron chi connectivity index (χ2n) is 9.76. The fourth-order valence-corrected chi connectivity index (χ4v) is 6.36. The lowest BCUT2D eigenvalue weighted by Crippen LogP contribution is -2.49. The van der Waals surface area contributed by atoms with E-state index in [1.807, 2.05) is 0 Å². The molecule has 1 saturated heterocycles. The molecule has 0 spiro atoms. The molecule has 3 aromatic carbocycles. The molecule has 4 rings (SSSR count). The molecule has 0 aromatic heterocycles. The Morgan fingerprint density at radius 3 is 1.74 bits per heavy atom. The van der Waals surface area contributed by atoms with E-state index >= 15 is 0 Å². The smallest absolute Gasteiger partial charge is 0.391 e. The van der Waals surface area contributed by atoms with Crippen molar-refractivity contribution < 1.29 is 31.3 Å². The first-order chi connectivity index (χ1) is 18.6. The average Bonchev–Trinajstić information content (AvgIpc) is 2.90. The first-order valence-electron chi connectivity index (χ1n) is 12.8. The summed E-state index contributed by atoms with van der Waals surface area (Å²) >= 11 is 0. The van der Waals surface area contributed by atoms with Gasteiger partial charge in [-0.15, -0.1) is 0 Å². The van der Waals surface area contributed by atoms with Crippen LogP contribution in [0.1, 0.15) is 27.5 Å². The van der Waals surface area contributed by atoms with Crippen molar-refractivity contribution in [1.29, 1.82) is 0 Å². The van der Waals surface area contributed by atoms with Crippen LogP contribution in [0.25, 0.3) is 0 Å². The van der Waals surface area contributed by atoms with Crippen LogP contribution in [-0.2, 0) is 23.4 Å². The number of benzene rings is 3. The van der Waals surface area contributed by atoms with Gasteiger partial charge < -0.3 is 5.11 Å². The highest BCUT2D eigenvalue weighted by atomic mass is 32.2. The van der Waals surface area contributed by atoms with Crippen molar-refractivity contribution >= 4 is 10.8 Å². The molecule has 1 N–H and O–H groups in total. The number of rotatable bonds is 10. The van der Waals surface area contributed by atoms with Gasteiger partial charge >= 0.3 is 6.18 Å². The maximum atomic E-state index is 13.5. The molecule has 1 aliphatic heterocycles. The molecule has 4 nitrogen and oxygen atoms in total. The number of β-amino-alcohol motifs (C(OH)–C–C–N with tert-alkyl or cyclic N) is 1. The molecule has 0 saturated carbocycles. The minimum atomic E-state index is -4.38. The summed E-state index contributed by atoms with van der Waals surface area (Å²) in [5.74, 6) is -0.384. The van der Waals surface area contributed by atoms with Crippen LogP contribution in [-0.4, -0.2) is 70.2 Å². The molecule has 3 aromatic rings. The first kappa shape index (κ1) is 29.3. The minimum absolute atomic E-state index is 0.269. The van der Waals surface area contributed by atoms with Crippen molar-refractivity contribution in [1.82, 2.24) is 9.80 Å². The Bertz CT molecular complexity index is 1170. The summed E-state index contributed by atoms with van der Waals surface area (Å²) in [4.78, 5) is 4.31. The molecule has 210 valence electrons. The summed E-state index contributed by atoms with van der Waals surface area (Å²) in [6.45, 7) is 3.86. The third-order valence-electron chi connectivity index (χ3n) is 6.90. The number of hydrogen-bond donors (Lipinski definition) is 1. The number of aliphatic hydroxyl groups excluding tert-OH is 1. The van der Waals surface area contributed by atoms with E-state index in [2.05, 4.69) is 9.80 Å². The summed E-state index contributed by atoms with van der Waals surface area (Å²) in [6.07, 6.45) is -4.81. The van der Waals surface area contributed by atoms with Gasteiger partial charge in [-0.05, 0) is 59.5 Å². The summed E-state index contributed by atoms with van der Waals surface area (Å²) in [5, 5.41) is 9.97. The quantitative estimate of drug-likeness (QED) is 0.349. The van der Waals surface area contributed by atoms with Crippen molar-refractivity contribution in [3.05, 3.63) is 107 Å². The number of nitrogens with zero attached hydrogens (tertiary/aromatic N) is 2. The van der Waals surface area contributed by atoms with Crippen molar-refractivity contribution in [2.24, 2.45) is 0 Å². The van der Waals surface area contributed by atoms with Gasteiger partial charge in [0, 0.05) is 55.8 Å². The third-order valence-corrected chi connectivity index (χ3v) is 8.56. The second kappa shape index (κ2) is 13.1. The molecule has 0 radical (unpaired) electrons. The van der Waals surface area contributed by atoms with Crippen LogP contribution in [0.4, 0.5) is 22.0 Å². The number of aliphatic hydroxyl groups is 1. The molecular weight excluding hydrogens is 535 g/mol. The maximum Gasteiger partial charge on any atom is 0.416 e. The highest BCUT2D eigenvalue weighted by Gasteiger charge is 2.30. The molecule has 1 heterocycles. The van der Waals surface area contributed by atoms with Crippen molar-refractivity contribution in [2.45, 2.75) is 24.0 Å². The number of alkyl halides is 3. The predicted octanol–water partition coefficient (Wildman–Crippen LogP) is 5.04. The summed E-state index contributed by atoms with van der Waals surface area (Å²) in [5.41, 5.74) is 1.34. The normalized spacial score (nSPS) is 16.9. The Kier molecular flexibility index (Phi) is 9.87. The van der Waals surface area contributed by atoms with E-state index in [-0.39, 0.29) is 18.1 Å². The summed E-state index contributed by atoms with van der Waals surface area (Å²) in [7, 11) is -1.33. The molecule has 2 atom stereocenters. The Labute approximate surface area is 227 Å². The molecule has 39 heavy (non-hydrogen) atoms. The third kappa shape index (κ3) is 8.41. The van der Waals surface area contributed by atoms with Gasteiger partial charge in [-0.1, -0.05) is 36.4 Å². The van der Waals surface area contributed by atoms with E-state index in [1.165, 1.54) is 36.4 Å². The Morgan fingerprint density at radius 1 is 0.769 bits per heavy atom. The van der Waals surface area contributed by atoms with E-state index in [9.17, 15) is 31.3 Å². The average molecular weight is 567 g/mol. The van der Waals surface area contributed by atoms with Crippen LogP contribution in [0, 0.1) is 11.6 Å². The van der Waals surface area contributed by atoms with Crippen LogP contribution in [0.2, 0.25) is 0 Å². The lowest BCUT2D eigenvalue weighted by molar-refractivity contribution is -0.137. The molecule has 1 fully saturated rings. The van der Waals surface area contributed by atoms with E-state index in [1.54, 1.807) is 24.3 Å². The van der Waals surface area contributed by atoms with Gasteiger partial charge in [0.05, 0.1) is 16.9 Å². The molecule has 0 amide bonds. The summed E-state index contributed by atoms with van der Waals surface area (Å²) in [6, 6.07) is 16.6. The van der Waals surface area contributed by atoms with Crippen molar-refractivity contribution in [3.8, 4) is 0 Å². The topological polar surface area (TPSA) is 43.8 Å². The van der Waals surface area contributed by atoms with Crippen LogP contribution in [0.5, 0.6) is 0 Å². The monoisotopic (exact) mass is 566 g/mol. The first-order valence-corrected chi connectivity index (χ1v) is 14.1.